The van der Waals surface area contributed by atoms with Crippen molar-refractivity contribution in [3.05, 3.63) is 75.6 Å². The minimum Gasteiger partial charge on any atom is -0.335 e. The fourth-order valence-electron chi connectivity index (χ4n) is 3.70. The maximum atomic E-state index is 12.5. The van der Waals surface area contributed by atoms with Gasteiger partial charge < -0.3 is 16.0 Å². The molecule has 8 heteroatoms. The molecule has 7 nitrogen and oxygen atoms in total. The molecule has 2 heterocycles. The van der Waals surface area contributed by atoms with Crippen LogP contribution in [-0.4, -0.2) is 28.2 Å². The topological polar surface area (TPSA) is 98.9 Å². The lowest BCUT2D eigenvalue weighted by atomic mass is 10.1. The van der Waals surface area contributed by atoms with Crippen LogP contribution < -0.4 is 16.0 Å². The number of rotatable bonds is 7. The Hall–Kier alpha value is -3.91. The highest BCUT2D eigenvalue weighted by molar-refractivity contribution is 7.10. The predicted octanol–water partition coefficient (Wildman–Crippen LogP) is 5.57. The van der Waals surface area contributed by atoms with Crippen molar-refractivity contribution >= 4 is 57.7 Å². The molecule has 0 unspecified atom stereocenters. The number of urea groups is 1. The number of carbonyl (C=O) groups excluding carboxylic acids is 2. The van der Waals surface area contributed by atoms with Crippen LogP contribution in [0.15, 0.2) is 53.9 Å². The smallest absolute Gasteiger partial charge is 0.319 e. The number of hydrogen-bond acceptors (Lipinski definition) is 4. The van der Waals surface area contributed by atoms with Crippen LogP contribution in [0.2, 0.25) is 0 Å². The third kappa shape index (κ3) is 5.35. The SMILES string of the molecule is Cc1cc2[nH]nc(/C=C/c3cccc(NC(=O)NC4CC4)c3)c2cc1NC(=O)Cc1cccs1. The Morgan fingerprint density at radius 2 is 2.00 bits per heavy atom. The lowest BCUT2D eigenvalue weighted by molar-refractivity contribution is -0.115. The van der Waals surface area contributed by atoms with Crippen molar-refractivity contribution < 1.29 is 9.59 Å². The second kappa shape index (κ2) is 9.52. The number of aryl methyl sites for hydroxylation is 1. The molecular formula is C26H25N5O2S. The molecule has 1 fully saturated rings. The first kappa shape index (κ1) is 21.9. The van der Waals surface area contributed by atoms with Crippen molar-refractivity contribution in [2.45, 2.75) is 32.2 Å². The first-order chi connectivity index (χ1) is 16.5. The second-order valence-corrected chi connectivity index (χ2v) is 9.49. The quantitative estimate of drug-likeness (QED) is 0.284. The summed E-state index contributed by atoms with van der Waals surface area (Å²) in [6.45, 7) is 1.97. The van der Waals surface area contributed by atoms with Crippen LogP contribution in [0.25, 0.3) is 23.1 Å². The van der Waals surface area contributed by atoms with Crippen LogP contribution in [0.3, 0.4) is 0 Å². The lowest BCUT2D eigenvalue weighted by Crippen LogP contribution is -2.30. The fourth-order valence-corrected chi connectivity index (χ4v) is 4.40. The fraction of sp³-hybridized carbons (Fsp3) is 0.192. The zero-order valence-corrected chi connectivity index (χ0v) is 19.5. The number of nitrogens with zero attached hydrogens (tertiary/aromatic N) is 1. The van der Waals surface area contributed by atoms with Gasteiger partial charge in [0.1, 0.15) is 0 Å². The van der Waals surface area contributed by atoms with Gasteiger partial charge in [0.25, 0.3) is 0 Å². The molecule has 2 aromatic carbocycles. The summed E-state index contributed by atoms with van der Waals surface area (Å²) in [5.41, 5.74) is 5.09. The summed E-state index contributed by atoms with van der Waals surface area (Å²) in [4.78, 5) is 25.5. The summed E-state index contributed by atoms with van der Waals surface area (Å²) in [5.74, 6) is -0.0412. The summed E-state index contributed by atoms with van der Waals surface area (Å²) in [6.07, 6.45) is 6.33. The van der Waals surface area contributed by atoms with Crippen LogP contribution in [0.5, 0.6) is 0 Å². The number of anilines is 2. The number of hydrogen-bond donors (Lipinski definition) is 4. The van der Waals surface area contributed by atoms with E-state index in [-0.39, 0.29) is 11.9 Å². The van der Waals surface area contributed by atoms with Crippen LogP contribution in [0, 0.1) is 6.92 Å². The lowest BCUT2D eigenvalue weighted by Gasteiger charge is -2.08. The Balaban J connectivity index is 1.31. The normalized spacial score (nSPS) is 13.3. The minimum atomic E-state index is -0.175. The van der Waals surface area contributed by atoms with Gasteiger partial charge in [-0.1, -0.05) is 24.3 Å². The van der Waals surface area contributed by atoms with E-state index < -0.39 is 0 Å². The summed E-state index contributed by atoms with van der Waals surface area (Å²) in [6, 6.07) is 15.6. The maximum Gasteiger partial charge on any atom is 0.319 e. The van der Waals surface area contributed by atoms with Gasteiger partial charge in [0.2, 0.25) is 5.91 Å². The van der Waals surface area contributed by atoms with E-state index in [1.807, 2.05) is 73.0 Å². The molecule has 0 atom stereocenters. The molecule has 2 aromatic heterocycles. The number of benzene rings is 2. The average Bonchev–Trinajstić information content (AvgIpc) is 3.30. The first-order valence-corrected chi connectivity index (χ1v) is 12.1. The Labute approximate surface area is 201 Å². The van der Waals surface area contributed by atoms with Crippen molar-refractivity contribution in [2.24, 2.45) is 0 Å². The van der Waals surface area contributed by atoms with Crippen molar-refractivity contribution in [1.29, 1.82) is 0 Å². The van der Waals surface area contributed by atoms with Crippen LogP contribution in [0.1, 0.15) is 34.5 Å². The van der Waals surface area contributed by atoms with Gasteiger partial charge in [0.15, 0.2) is 0 Å². The zero-order chi connectivity index (χ0) is 23.5. The molecule has 34 heavy (non-hydrogen) atoms. The Kier molecular flexibility index (Phi) is 6.14. The number of aromatic nitrogens is 2. The highest BCUT2D eigenvalue weighted by atomic mass is 32.1. The monoisotopic (exact) mass is 471 g/mol. The summed E-state index contributed by atoms with van der Waals surface area (Å²) in [7, 11) is 0. The van der Waals surface area contributed by atoms with Gasteiger partial charge in [-0.3, -0.25) is 9.89 Å². The Bertz CT molecular complexity index is 1370. The molecule has 1 aliphatic carbocycles. The molecule has 0 saturated heterocycles. The standard InChI is InChI=1S/C26H25N5O2S/c1-16-12-24-21(15-23(16)29-25(32)14-20-6-3-11-34-20)22(30-31-24)10-7-17-4-2-5-19(13-17)28-26(33)27-18-8-9-18/h2-7,10-13,15,18H,8-9,14H2,1H3,(H,29,32)(H,30,31)(H2,27,28,33)/b10-7+. The van der Waals surface area contributed by atoms with Crippen LogP contribution >= 0.6 is 11.3 Å². The molecule has 0 spiro atoms. The van der Waals surface area contributed by atoms with E-state index in [2.05, 4.69) is 26.1 Å². The molecule has 5 rings (SSSR count). The van der Waals surface area contributed by atoms with E-state index in [9.17, 15) is 9.59 Å². The van der Waals surface area contributed by atoms with Gasteiger partial charge in [-0.2, -0.15) is 5.10 Å². The van der Waals surface area contributed by atoms with Crippen LogP contribution in [-0.2, 0) is 11.2 Å². The van der Waals surface area contributed by atoms with E-state index in [4.69, 9.17) is 0 Å². The third-order valence-electron chi connectivity index (χ3n) is 5.62. The molecule has 1 aliphatic rings. The summed E-state index contributed by atoms with van der Waals surface area (Å²) < 4.78 is 0. The third-order valence-corrected chi connectivity index (χ3v) is 6.49. The minimum absolute atomic E-state index is 0.0412. The zero-order valence-electron chi connectivity index (χ0n) is 18.7. The number of amides is 3. The molecule has 0 aliphatic heterocycles. The average molecular weight is 472 g/mol. The van der Waals surface area contributed by atoms with E-state index in [1.54, 1.807) is 11.3 Å². The largest absolute Gasteiger partial charge is 0.335 e. The molecule has 172 valence electrons. The molecule has 1 saturated carbocycles. The van der Waals surface area contributed by atoms with E-state index >= 15 is 0 Å². The molecule has 4 N–H and O–H groups in total. The number of carbonyl (C=O) groups is 2. The number of thiophene rings is 1. The van der Waals surface area contributed by atoms with Crippen LogP contribution in [0.4, 0.5) is 16.2 Å². The van der Waals surface area contributed by atoms with Gasteiger partial charge in [0, 0.05) is 27.7 Å². The summed E-state index contributed by atoms with van der Waals surface area (Å²) >= 11 is 1.57. The molecule has 4 aromatic rings. The molecule has 0 bridgehead atoms. The predicted molar refractivity (Wildman–Crippen MR) is 138 cm³/mol. The number of fused-ring (bicyclic) bond motifs is 1. The van der Waals surface area contributed by atoms with Crippen molar-refractivity contribution in [3.63, 3.8) is 0 Å². The summed E-state index contributed by atoms with van der Waals surface area (Å²) in [5, 5.41) is 19.2. The maximum absolute atomic E-state index is 12.5. The first-order valence-electron chi connectivity index (χ1n) is 11.2. The van der Waals surface area contributed by atoms with Gasteiger partial charge in [-0.05, 0) is 72.7 Å². The van der Waals surface area contributed by atoms with Gasteiger partial charge in [-0.15, -0.1) is 11.3 Å². The number of aromatic amines is 1. The highest BCUT2D eigenvalue weighted by Gasteiger charge is 2.23. The van der Waals surface area contributed by atoms with E-state index in [1.165, 1.54) is 0 Å². The van der Waals surface area contributed by atoms with Gasteiger partial charge >= 0.3 is 6.03 Å². The number of nitrogens with one attached hydrogen (secondary N) is 4. The van der Waals surface area contributed by atoms with Crippen molar-refractivity contribution in [2.75, 3.05) is 10.6 Å². The van der Waals surface area contributed by atoms with Crippen molar-refractivity contribution in [1.82, 2.24) is 15.5 Å². The molecular weight excluding hydrogens is 446 g/mol. The van der Waals surface area contributed by atoms with Crippen molar-refractivity contribution in [3.8, 4) is 0 Å². The Morgan fingerprint density at radius 3 is 2.79 bits per heavy atom. The van der Waals surface area contributed by atoms with E-state index in [0.29, 0.717) is 12.5 Å². The highest BCUT2D eigenvalue weighted by Crippen LogP contribution is 2.26. The molecule has 0 radical (unpaired) electrons. The Morgan fingerprint density at radius 1 is 1.12 bits per heavy atom. The van der Waals surface area contributed by atoms with E-state index in [0.717, 1.165) is 56.8 Å². The second-order valence-electron chi connectivity index (χ2n) is 8.46. The van der Waals surface area contributed by atoms with Gasteiger partial charge in [-0.25, -0.2) is 4.79 Å². The van der Waals surface area contributed by atoms with Gasteiger partial charge in [0.05, 0.1) is 17.6 Å². The molecule has 3 amide bonds. The number of H-pyrrole nitrogens is 1.